The number of anilines is 1. The average Bonchev–Trinajstić information content (AvgIpc) is 2.54. The SMILES string of the molecule is CCNc1ncccc1COc1ccc2ccccc2c1. The molecule has 0 fully saturated rings. The number of nitrogens with zero attached hydrogens (tertiary/aromatic N) is 1. The normalized spacial score (nSPS) is 10.5. The first-order valence-corrected chi connectivity index (χ1v) is 7.16. The first kappa shape index (κ1) is 13.4. The van der Waals surface area contributed by atoms with Crippen molar-refractivity contribution in [3.05, 3.63) is 66.4 Å². The van der Waals surface area contributed by atoms with Gasteiger partial charge in [-0.1, -0.05) is 36.4 Å². The Bertz CT molecular complexity index is 740. The van der Waals surface area contributed by atoms with Crippen molar-refractivity contribution in [2.24, 2.45) is 0 Å². The molecule has 0 saturated carbocycles. The highest BCUT2D eigenvalue weighted by molar-refractivity contribution is 5.83. The van der Waals surface area contributed by atoms with Crippen molar-refractivity contribution in [2.75, 3.05) is 11.9 Å². The Morgan fingerprint density at radius 3 is 2.71 bits per heavy atom. The summed E-state index contributed by atoms with van der Waals surface area (Å²) in [5.41, 5.74) is 1.06. The Morgan fingerprint density at radius 2 is 1.86 bits per heavy atom. The quantitative estimate of drug-likeness (QED) is 0.757. The molecule has 0 unspecified atom stereocenters. The second kappa shape index (κ2) is 6.27. The summed E-state index contributed by atoms with van der Waals surface area (Å²) in [7, 11) is 0. The molecule has 0 spiro atoms. The molecule has 106 valence electrons. The van der Waals surface area contributed by atoms with Crippen molar-refractivity contribution in [1.82, 2.24) is 4.98 Å². The third kappa shape index (κ3) is 3.14. The van der Waals surface area contributed by atoms with Crippen LogP contribution in [0.5, 0.6) is 5.75 Å². The summed E-state index contributed by atoms with van der Waals surface area (Å²) >= 11 is 0. The first-order valence-electron chi connectivity index (χ1n) is 7.16. The molecule has 21 heavy (non-hydrogen) atoms. The molecule has 3 rings (SSSR count). The predicted octanol–water partition coefficient (Wildman–Crippen LogP) is 4.25. The molecule has 0 aliphatic heterocycles. The number of fused-ring (bicyclic) bond motifs is 1. The Hall–Kier alpha value is -2.55. The second-order valence-corrected chi connectivity index (χ2v) is 4.84. The molecule has 3 aromatic rings. The fourth-order valence-electron chi connectivity index (χ4n) is 2.30. The van der Waals surface area contributed by atoms with E-state index in [0.29, 0.717) is 6.61 Å². The third-order valence-corrected chi connectivity index (χ3v) is 3.35. The van der Waals surface area contributed by atoms with Gasteiger partial charge in [0.1, 0.15) is 18.2 Å². The number of benzene rings is 2. The zero-order chi connectivity index (χ0) is 14.5. The highest BCUT2D eigenvalue weighted by Crippen LogP contribution is 2.22. The van der Waals surface area contributed by atoms with E-state index in [-0.39, 0.29) is 0 Å². The molecule has 0 atom stereocenters. The number of hydrogen-bond acceptors (Lipinski definition) is 3. The van der Waals surface area contributed by atoms with Gasteiger partial charge in [-0.2, -0.15) is 0 Å². The summed E-state index contributed by atoms with van der Waals surface area (Å²) in [4.78, 5) is 4.34. The first-order chi connectivity index (χ1) is 10.4. The van der Waals surface area contributed by atoms with Gasteiger partial charge in [-0.15, -0.1) is 0 Å². The third-order valence-electron chi connectivity index (χ3n) is 3.35. The van der Waals surface area contributed by atoms with Gasteiger partial charge in [0.25, 0.3) is 0 Å². The van der Waals surface area contributed by atoms with Crippen LogP contribution in [0.4, 0.5) is 5.82 Å². The summed E-state index contributed by atoms with van der Waals surface area (Å²) in [5, 5.41) is 5.66. The van der Waals surface area contributed by atoms with E-state index in [1.165, 1.54) is 10.8 Å². The van der Waals surface area contributed by atoms with Gasteiger partial charge in [0, 0.05) is 18.3 Å². The summed E-state index contributed by atoms with van der Waals surface area (Å²) in [6.45, 7) is 3.41. The van der Waals surface area contributed by atoms with E-state index in [2.05, 4.69) is 41.5 Å². The summed E-state index contributed by atoms with van der Waals surface area (Å²) in [5.74, 6) is 1.76. The summed E-state index contributed by atoms with van der Waals surface area (Å²) in [6, 6.07) is 18.4. The fourth-order valence-corrected chi connectivity index (χ4v) is 2.30. The van der Waals surface area contributed by atoms with Gasteiger partial charge >= 0.3 is 0 Å². The maximum atomic E-state index is 5.91. The van der Waals surface area contributed by atoms with E-state index >= 15 is 0 Å². The number of hydrogen-bond donors (Lipinski definition) is 1. The molecule has 0 radical (unpaired) electrons. The van der Waals surface area contributed by atoms with Crippen LogP contribution in [0.25, 0.3) is 10.8 Å². The van der Waals surface area contributed by atoms with E-state index < -0.39 is 0 Å². The summed E-state index contributed by atoms with van der Waals surface area (Å²) < 4.78 is 5.91. The molecule has 1 aromatic heterocycles. The number of ether oxygens (including phenoxy) is 1. The minimum absolute atomic E-state index is 0.508. The van der Waals surface area contributed by atoms with Crippen LogP contribution in [0, 0.1) is 0 Å². The van der Waals surface area contributed by atoms with Crippen LogP contribution in [0.3, 0.4) is 0 Å². The van der Waals surface area contributed by atoms with Crippen molar-refractivity contribution in [1.29, 1.82) is 0 Å². The predicted molar refractivity (Wildman–Crippen MR) is 86.7 cm³/mol. The number of rotatable bonds is 5. The molecule has 1 heterocycles. The molecule has 1 N–H and O–H groups in total. The summed E-state index contributed by atoms with van der Waals surface area (Å²) in [6.07, 6.45) is 1.79. The van der Waals surface area contributed by atoms with Gasteiger partial charge in [-0.3, -0.25) is 0 Å². The zero-order valence-electron chi connectivity index (χ0n) is 12.0. The lowest BCUT2D eigenvalue weighted by Gasteiger charge is -2.11. The smallest absolute Gasteiger partial charge is 0.132 e. The minimum Gasteiger partial charge on any atom is -0.489 e. The van der Waals surface area contributed by atoms with Crippen LogP contribution in [0.15, 0.2) is 60.8 Å². The highest BCUT2D eigenvalue weighted by Gasteiger charge is 2.03. The van der Waals surface area contributed by atoms with Crippen LogP contribution in [0.1, 0.15) is 12.5 Å². The standard InChI is InChI=1S/C18H18N2O/c1-2-19-18-16(8-5-11-20-18)13-21-17-10-9-14-6-3-4-7-15(14)12-17/h3-12H,2,13H2,1H3,(H,19,20). The molecular weight excluding hydrogens is 260 g/mol. The Morgan fingerprint density at radius 1 is 1.00 bits per heavy atom. The van der Waals surface area contributed by atoms with Crippen molar-refractivity contribution in [3.63, 3.8) is 0 Å². The van der Waals surface area contributed by atoms with Gasteiger partial charge in [-0.05, 0) is 35.9 Å². The Balaban J connectivity index is 1.77. The molecule has 0 bridgehead atoms. The highest BCUT2D eigenvalue weighted by atomic mass is 16.5. The van der Waals surface area contributed by atoms with Crippen molar-refractivity contribution < 1.29 is 4.74 Å². The van der Waals surface area contributed by atoms with Crippen LogP contribution in [0.2, 0.25) is 0 Å². The monoisotopic (exact) mass is 278 g/mol. The molecule has 0 saturated heterocycles. The lowest BCUT2D eigenvalue weighted by molar-refractivity contribution is 0.307. The fraction of sp³-hybridized carbons (Fsp3) is 0.167. The molecular formula is C18H18N2O. The molecule has 0 amide bonds. The van der Waals surface area contributed by atoms with Crippen LogP contribution in [-0.4, -0.2) is 11.5 Å². The van der Waals surface area contributed by atoms with Crippen molar-refractivity contribution in [3.8, 4) is 5.75 Å². The van der Waals surface area contributed by atoms with Gasteiger partial charge in [0.05, 0.1) is 0 Å². The average molecular weight is 278 g/mol. The minimum atomic E-state index is 0.508. The lowest BCUT2D eigenvalue weighted by Crippen LogP contribution is -2.05. The second-order valence-electron chi connectivity index (χ2n) is 4.84. The topological polar surface area (TPSA) is 34.2 Å². The van der Waals surface area contributed by atoms with E-state index in [1.807, 2.05) is 30.3 Å². The maximum absolute atomic E-state index is 5.91. The van der Waals surface area contributed by atoms with E-state index in [1.54, 1.807) is 6.20 Å². The number of nitrogens with one attached hydrogen (secondary N) is 1. The van der Waals surface area contributed by atoms with Crippen molar-refractivity contribution in [2.45, 2.75) is 13.5 Å². The Labute approximate surface area is 124 Å². The van der Waals surface area contributed by atoms with Crippen LogP contribution < -0.4 is 10.1 Å². The number of pyridine rings is 1. The lowest BCUT2D eigenvalue weighted by atomic mass is 10.1. The van der Waals surface area contributed by atoms with Gasteiger partial charge < -0.3 is 10.1 Å². The van der Waals surface area contributed by atoms with E-state index in [9.17, 15) is 0 Å². The van der Waals surface area contributed by atoms with Crippen molar-refractivity contribution >= 4 is 16.6 Å². The molecule has 0 aliphatic rings. The molecule has 2 aromatic carbocycles. The molecule has 0 aliphatic carbocycles. The van der Waals surface area contributed by atoms with Gasteiger partial charge in [-0.25, -0.2) is 4.98 Å². The zero-order valence-corrected chi connectivity index (χ0v) is 12.0. The van der Waals surface area contributed by atoms with Gasteiger partial charge in [0.2, 0.25) is 0 Å². The Kier molecular flexibility index (Phi) is 4.01. The van der Waals surface area contributed by atoms with E-state index in [4.69, 9.17) is 4.74 Å². The number of aromatic nitrogens is 1. The maximum Gasteiger partial charge on any atom is 0.132 e. The van der Waals surface area contributed by atoms with Crippen LogP contribution in [-0.2, 0) is 6.61 Å². The van der Waals surface area contributed by atoms with E-state index in [0.717, 1.165) is 23.7 Å². The molecule has 3 heteroatoms. The van der Waals surface area contributed by atoms with Gasteiger partial charge in [0.15, 0.2) is 0 Å². The molecule has 3 nitrogen and oxygen atoms in total. The van der Waals surface area contributed by atoms with Crippen LogP contribution >= 0.6 is 0 Å². The largest absolute Gasteiger partial charge is 0.489 e.